The highest BCUT2D eigenvalue weighted by Crippen LogP contribution is 2.32. The van der Waals surface area contributed by atoms with Crippen LogP contribution in [-0.2, 0) is 12.1 Å². The zero-order valence-electron chi connectivity index (χ0n) is 14.1. The largest absolute Gasteiger partial charge is 0.380 e. The van der Waals surface area contributed by atoms with E-state index in [0.717, 1.165) is 24.2 Å². The second-order valence-corrected chi connectivity index (χ2v) is 6.00. The summed E-state index contributed by atoms with van der Waals surface area (Å²) >= 11 is 0. The van der Waals surface area contributed by atoms with Crippen molar-refractivity contribution in [2.75, 3.05) is 6.54 Å². The summed E-state index contributed by atoms with van der Waals surface area (Å²) < 4.78 is 0. The third-order valence-electron chi connectivity index (χ3n) is 4.34. The first-order valence-electron chi connectivity index (χ1n) is 8.37. The molecule has 0 aliphatic heterocycles. The van der Waals surface area contributed by atoms with Crippen LogP contribution in [-0.4, -0.2) is 11.7 Å². The highest BCUT2D eigenvalue weighted by Gasteiger charge is 2.30. The number of aliphatic hydroxyl groups is 1. The maximum absolute atomic E-state index is 11.4. The Morgan fingerprint density at radius 1 is 0.680 bits per heavy atom. The summed E-state index contributed by atoms with van der Waals surface area (Å²) in [5.41, 5.74) is 2.13. The molecule has 0 radical (unpaired) electrons. The lowest BCUT2D eigenvalue weighted by Gasteiger charge is -2.29. The van der Waals surface area contributed by atoms with Crippen molar-refractivity contribution in [3.8, 4) is 0 Å². The molecule has 0 saturated heterocycles. The third-order valence-corrected chi connectivity index (χ3v) is 4.34. The van der Waals surface area contributed by atoms with Crippen molar-refractivity contribution in [3.05, 3.63) is 108 Å². The van der Waals surface area contributed by atoms with Gasteiger partial charge in [-0.25, -0.2) is 0 Å². The predicted molar refractivity (Wildman–Crippen MR) is 106 cm³/mol. The van der Waals surface area contributed by atoms with Crippen molar-refractivity contribution in [2.24, 2.45) is 0 Å². The molecule has 3 rings (SSSR count). The van der Waals surface area contributed by atoms with Crippen molar-refractivity contribution < 1.29 is 5.11 Å². The highest BCUT2D eigenvalue weighted by atomic mass is 35.5. The first-order chi connectivity index (χ1) is 11.8. The standard InChI is InChI=1S/C22H23NO.ClH/c24-22(20-12-6-2-7-13-20,21-14-8-3-9-15-21)16-17-23-18-19-10-4-1-5-11-19;/h1-15,23-24H,16-18H2;1H. The molecular weight excluding hydrogens is 330 g/mol. The Labute approximate surface area is 156 Å². The van der Waals surface area contributed by atoms with Gasteiger partial charge in [0.25, 0.3) is 0 Å². The van der Waals surface area contributed by atoms with E-state index in [1.54, 1.807) is 0 Å². The SMILES string of the molecule is Cl.OC(CCNCc1ccccc1)(c1ccccc1)c1ccccc1. The van der Waals surface area contributed by atoms with Gasteiger partial charge in [0, 0.05) is 6.54 Å². The molecule has 0 unspecified atom stereocenters. The minimum atomic E-state index is -0.980. The first kappa shape index (κ1) is 19.2. The fraction of sp³-hybridized carbons (Fsp3) is 0.182. The molecule has 0 aromatic heterocycles. The summed E-state index contributed by atoms with van der Waals surface area (Å²) in [5.74, 6) is 0. The van der Waals surface area contributed by atoms with Crippen molar-refractivity contribution in [3.63, 3.8) is 0 Å². The number of nitrogens with one attached hydrogen (secondary N) is 1. The lowest BCUT2D eigenvalue weighted by atomic mass is 9.83. The summed E-state index contributed by atoms with van der Waals surface area (Å²) in [6, 6.07) is 30.1. The monoisotopic (exact) mass is 353 g/mol. The molecule has 0 aliphatic carbocycles. The van der Waals surface area contributed by atoms with Gasteiger partial charge in [0.2, 0.25) is 0 Å². The Bertz CT molecular complexity index is 692. The number of rotatable bonds is 7. The number of hydrogen-bond acceptors (Lipinski definition) is 2. The van der Waals surface area contributed by atoms with Gasteiger partial charge in [-0.15, -0.1) is 12.4 Å². The van der Waals surface area contributed by atoms with Crippen LogP contribution in [0, 0.1) is 0 Å². The topological polar surface area (TPSA) is 32.3 Å². The van der Waals surface area contributed by atoms with Crippen LogP contribution in [0.25, 0.3) is 0 Å². The van der Waals surface area contributed by atoms with Crippen LogP contribution in [0.3, 0.4) is 0 Å². The van der Waals surface area contributed by atoms with E-state index in [4.69, 9.17) is 0 Å². The van der Waals surface area contributed by atoms with Crippen LogP contribution in [0.1, 0.15) is 23.1 Å². The molecule has 0 atom stereocenters. The molecule has 0 aliphatic rings. The number of halogens is 1. The molecule has 0 bridgehead atoms. The van der Waals surface area contributed by atoms with E-state index in [9.17, 15) is 5.11 Å². The van der Waals surface area contributed by atoms with Crippen LogP contribution in [0.15, 0.2) is 91.0 Å². The highest BCUT2D eigenvalue weighted by molar-refractivity contribution is 5.85. The molecule has 3 aromatic rings. The molecule has 0 spiro atoms. The Balaban J connectivity index is 0.00000225. The molecule has 0 amide bonds. The molecule has 0 fully saturated rings. The van der Waals surface area contributed by atoms with Gasteiger partial charge in [0.1, 0.15) is 5.60 Å². The summed E-state index contributed by atoms with van der Waals surface area (Å²) in [4.78, 5) is 0. The lowest BCUT2D eigenvalue weighted by Crippen LogP contribution is -2.32. The summed E-state index contributed by atoms with van der Waals surface area (Å²) in [6.45, 7) is 1.54. The van der Waals surface area contributed by atoms with Gasteiger partial charge in [-0.3, -0.25) is 0 Å². The molecule has 130 valence electrons. The quantitative estimate of drug-likeness (QED) is 0.612. The normalized spacial score (nSPS) is 10.9. The van der Waals surface area contributed by atoms with Gasteiger partial charge in [-0.1, -0.05) is 91.0 Å². The summed E-state index contributed by atoms with van der Waals surface area (Å²) in [5, 5.41) is 14.8. The van der Waals surface area contributed by atoms with Gasteiger partial charge in [0.05, 0.1) is 0 Å². The van der Waals surface area contributed by atoms with Crippen LogP contribution < -0.4 is 5.32 Å². The lowest BCUT2D eigenvalue weighted by molar-refractivity contribution is 0.0710. The number of benzene rings is 3. The predicted octanol–water partition coefficient (Wildman–Crippen LogP) is 4.52. The van der Waals surface area contributed by atoms with Crippen molar-refractivity contribution in [1.82, 2.24) is 5.32 Å². The minimum absolute atomic E-state index is 0. The smallest absolute Gasteiger partial charge is 0.116 e. The molecule has 25 heavy (non-hydrogen) atoms. The molecule has 2 nitrogen and oxygen atoms in total. The second-order valence-electron chi connectivity index (χ2n) is 6.00. The molecule has 0 saturated carbocycles. The van der Waals surface area contributed by atoms with Crippen molar-refractivity contribution in [2.45, 2.75) is 18.6 Å². The fourth-order valence-electron chi connectivity index (χ4n) is 2.98. The minimum Gasteiger partial charge on any atom is -0.380 e. The van der Waals surface area contributed by atoms with Crippen LogP contribution in [0.5, 0.6) is 0 Å². The third kappa shape index (κ3) is 4.93. The van der Waals surface area contributed by atoms with Gasteiger partial charge in [-0.05, 0) is 29.7 Å². The van der Waals surface area contributed by atoms with Crippen LogP contribution >= 0.6 is 12.4 Å². The zero-order valence-corrected chi connectivity index (χ0v) is 15.0. The van der Waals surface area contributed by atoms with Crippen molar-refractivity contribution in [1.29, 1.82) is 0 Å². The Hall–Kier alpha value is -2.13. The first-order valence-corrected chi connectivity index (χ1v) is 8.37. The van der Waals surface area contributed by atoms with Gasteiger partial charge in [0.15, 0.2) is 0 Å². The van der Waals surface area contributed by atoms with Gasteiger partial charge >= 0.3 is 0 Å². The van der Waals surface area contributed by atoms with Crippen molar-refractivity contribution >= 4 is 12.4 Å². The average Bonchev–Trinajstić information content (AvgIpc) is 2.67. The van der Waals surface area contributed by atoms with Gasteiger partial charge in [-0.2, -0.15) is 0 Å². The van der Waals surface area contributed by atoms with Gasteiger partial charge < -0.3 is 10.4 Å². The summed E-state index contributed by atoms with van der Waals surface area (Å²) in [6.07, 6.45) is 0.619. The maximum atomic E-state index is 11.4. The molecule has 3 aromatic carbocycles. The van der Waals surface area contributed by atoms with E-state index < -0.39 is 5.60 Å². The van der Waals surface area contributed by atoms with E-state index in [0.29, 0.717) is 6.42 Å². The Morgan fingerprint density at radius 3 is 1.60 bits per heavy atom. The number of hydrogen-bond donors (Lipinski definition) is 2. The maximum Gasteiger partial charge on any atom is 0.116 e. The van der Waals surface area contributed by atoms with E-state index in [-0.39, 0.29) is 12.4 Å². The van der Waals surface area contributed by atoms with Crippen LogP contribution in [0.4, 0.5) is 0 Å². The molecular formula is C22H24ClNO. The van der Waals surface area contributed by atoms with E-state index in [1.165, 1.54) is 5.56 Å². The Morgan fingerprint density at radius 2 is 1.12 bits per heavy atom. The summed E-state index contributed by atoms with van der Waals surface area (Å²) in [7, 11) is 0. The molecule has 2 N–H and O–H groups in total. The van der Waals surface area contributed by atoms with E-state index in [2.05, 4.69) is 17.4 Å². The van der Waals surface area contributed by atoms with E-state index in [1.807, 2.05) is 78.9 Å². The Kier molecular flexibility index (Phi) is 7.20. The van der Waals surface area contributed by atoms with Crippen LogP contribution in [0.2, 0.25) is 0 Å². The average molecular weight is 354 g/mol. The van der Waals surface area contributed by atoms with E-state index >= 15 is 0 Å². The second kappa shape index (κ2) is 9.38. The fourth-order valence-corrected chi connectivity index (χ4v) is 2.98. The molecule has 0 heterocycles. The zero-order chi connectivity index (χ0) is 16.7. The molecule has 3 heteroatoms.